The van der Waals surface area contributed by atoms with E-state index in [1.54, 1.807) is 6.07 Å². The minimum Gasteiger partial charge on any atom is -0.394 e. The van der Waals surface area contributed by atoms with Gasteiger partial charge in [-0.3, -0.25) is 0 Å². The molecule has 0 aliphatic carbocycles. The lowest BCUT2D eigenvalue weighted by molar-refractivity contribution is 0.00355. The van der Waals surface area contributed by atoms with E-state index in [4.69, 9.17) is 14.9 Å². The maximum Gasteiger partial charge on any atom is 0.125 e. The number of aliphatic hydroxyl groups excluding tert-OH is 2. The molecule has 1 aromatic carbocycles. The number of anilines is 1. The molecule has 2 rings (SSSR count). The van der Waals surface area contributed by atoms with Gasteiger partial charge >= 0.3 is 0 Å². The van der Waals surface area contributed by atoms with Gasteiger partial charge in [0.05, 0.1) is 25.9 Å². The maximum atomic E-state index is 13.3. The Balaban J connectivity index is 2.18. The van der Waals surface area contributed by atoms with Crippen LogP contribution in [-0.4, -0.2) is 42.6 Å². The number of benzene rings is 1. The third kappa shape index (κ3) is 2.94. The molecule has 0 radical (unpaired) electrons. The molecule has 0 amide bonds. The summed E-state index contributed by atoms with van der Waals surface area (Å²) in [5, 5.41) is 18.1. The molecule has 0 aromatic heterocycles. The average Bonchev–Trinajstić information content (AvgIpc) is 2.38. The topological polar surface area (TPSA) is 52.9 Å². The van der Waals surface area contributed by atoms with Crippen LogP contribution in [0, 0.1) is 5.82 Å². The van der Waals surface area contributed by atoms with Crippen LogP contribution in [0.25, 0.3) is 0 Å². The van der Waals surface area contributed by atoms with E-state index in [0.29, 0.717) is 25.3 Å². The highest BCUT2D eigenvalue weighted by molar-refractivity contribution is 5.49. The molecule has 94 valence electrons. The van der Waals surface area contributed by atoms with Crippen molar-refractivity contribution in [3.63, 3.8) is 0 Å². The number of hydrogen-bond donors (Lipinski definition) is 2. The van der Waals surface area contributed by atoms with Crippen LogP contribution in [0.2, 0.25) is 0 Å². The number of ether oxygens (including phenoxy) is 1. The number of morpholine rings is 1. The first-order valence-corrected chi connectivity index (χ1v) is 5.60. The van der Waals surface area contributed by atoms with Crippen molar-refractivity contribution < 1.29 is 19.3 Å². The second-order valence-electron chi connectivity index (χ2n) is 4.10. The van der Waals surface area contributed by atoms with Gasteiger partial charge in [-0.25, -0.2) is 4.39 Å². The zero-order valence-electron chi connectivity index (χ0n) is 9.47. The van der Waals surface area contributed by atoms with Gasteiger partial charge in [0.1, 0.15) is 5.82 Å². The molecule has 0 saturated carbocycles. The van der Waals surface area contributed by atoms with Crippen LogP contribution in [0.3, 0.4) is 0 Å². The average molecular weight is 241 g/mol. The van der Waals surface area contributed by atoms with Crippen LogP contribution in [0.15, 0.2) is 18.2 Å². The molecule has 1 unspecified atom stereocenters. The molecule has 4 nitrogen and oxygen atoms in total. The SMILES string of the molecule is OCc1cc(F)cc(N2CCOC(CO)C2)c1. The summed E-state index contributed by atoms with van der Waals surface area (Å²) in [5.41, 5.74) is 1.27. The van der Waals surface area contributed by atoms with Crippen molar-refractivity contribution in [2.45, 2.75) is 12.7 Å². The fourth-order valence-electron chi connectivity index (χ4n) is 1.97. The minimum absolute atomic E-state index is 0.0430. The normalized spacial score (nSPS) is 20.6. The van der Waals surface area contributed by atoms with Gasteiger partial charge in [0.2, 0.25) is 0 Å². The Labute approximate surface area is 99.2 Å². The highest BCUT2D eigenvalue weighted by atomic mass is 19.1. The number of rotatable bonds is 3. The molecule has 1 fully saturated rings. The van der Waals surface area contributed by atoms with E-state index in [-0.39, 0.29) is 25.1 Å². The van der Waals surface area contributed by atoms with Crippen LogP contribution in [0.5, 0.6) is 0 Å². The Kier molecular flexibility index (Phi) is 3.93. The van der Waals surface area contributed by atoms with E-state index in [1.165, 1.54) is 12.1 Å². The third-order valence-corrected chi connectivity index (χ3v) is 2.83. The number of halogens is 1. The first-order chi connectivity index (χ1) is 8.22. The standard InChI is InChI=1S/C12H16FNO3/c13-10-3-9(7-15)4-11(5-10)14-1-2-17-12(6-14)8-16/h3-5,12,15-16H,1-2,6-8H2. The molecular formula is C12H16FNO3. The maximum absolute atomic E-state index is 13.3. The Morgan fingerprint density at radius 1 is 1.35 bits per heavy atom. The third-order valence-electron chi connectivity index (χ3n) is 2.83. The van der Waals surface area contributed by atoms with E-state index < -0.39 is 0 Å². The lowest BCUT2D eigenvalue weighted by atomic mass is 10.1. The number of aliphatic hydroxyl groups is 2. The highest BCUT2D eigenvalue weighted by Crippen LogP contribution is 2.21. The van der Waals surface area contributed by atoms with E-state index in [1.807, 2.05) is 4.90 Å². The van der Waals surface area contributed by atoms with Crippen LogP contribution in [0.4, 0.5) is 10.1 Å². The molecule has 5 heteroatoms. The molecule has 1 heterocycles. The molecular weight excluding hydrogens is 225 g/mol. The van der Waals surface area contributed by atoms with Crippen molar-refractivity contribution in [2.24, 2.45) is 0 Å². The second kappa shape index (κ2) is 5.44. The summed E-state index contributed by atoms with van der Waals surface area (Å²) >= 11 is 0. The summed E-state index contributed by atoms with van der Waals surface area (Å²) in [6.45, 7) is 1.48. The molecule has 1 aliphatic rings. The van der Waals surface area contributed by atoms with Gasteiger partial charge in [0.15, 0.2) is 0 Å². The first-order valence-electron chi connectivity index (χ1n) is 5.60. The monoisotopic (exact) mass is 241 g/mol. The summed E-state index contributed by atoms with van der Waals surface area (Å²) in [7, 11) is 0. The molecule has 1 aliphatic heterocycles. The molecule has 2 N–H and O–H groups in total. The van der Waals surface area contributed by atoms with Crippen molar-refractivity contribution in [1.29, 1.82) is 0 Å². The van der Waals surface area contributed by atoms with E-state index in [9.17, 15) is 4.39 Å². The van der Waals surface area contributed by atoms with Crippen molar-refractivity contribution in [3.8, 4) is 0 Å². The quantitative estimate of drug-likeness (QED) is 0.810. The minimum atomic E-state index is -0.362. The largest absolute Gasteiger partial charge is 0.394 e. The van der Waals surface area contributed by atoms with Crippen LogP contribution in [-0.2, 0) is 11.3 Å². The summed E-state index contributed by atoms with van der Waals surface area (Å²) in [6, 6.07) is 4.50. The predicted molar refractivity (Wildman–Crippen MR) is 61.4 cm³/mol. The highest BCUT2D eigenvalue weighted by Gasteiger charge is 2.20. The fraction of sp³-hybridized carbons (Fsp3) is 0.500. The zero-order valence-corrected chi connectivity index (χ0v) is 9.47. The van der Waals surface area contributed by atoms with Crippen LogP contribution in [0.1, 0.15) is 5.56 Å². The van der Waals surface area contributed by atoms with Crippen molar-refractivity contribution in [1.82, 2.24) is 0 Å². The summed E-state index contributed by atoms with van der Waals surface area (Å²) in [6.07, 6.45) is -0.232. The smallest absolute Gasteiger partial charge is 0.125 e. The van der Waals surface area contributed by atoms with E-state index in [0.717, 1.165) is 5.69 Å². The van der Waals surface area contributed by atoms with Gasteiger partial charge in [-0.1, -0.05) is 0 Å². The predicted octanol–water partition coefficient (Wildman–Crippen LogP) is 0.516. The van der Waals surface area contributed by atoms with Gasteiger partial charge in [-0.15, -0.1) is 0 Å². The van der Waals surface area contributed by atoms with Crippen molar-refractivity contribution >= 4 is 5.69 Å². The Morgan fingerprint density at radius 3 is 2.88 bits per heavy atom. The van der Waals surface area contributed by atoms with Gasteiger partial charge in [-0.05, 0) is 23.8 Å². The summed E-state index contributed by atoms with van der Waals surface area (Å²) in [5.74, 6) is -0.362. The Hall–Kier alpha value is -1.17. The van der Waals surface area contributed by atoms with Gasteiger partial charge in [0, 0.05) is 18.8 Å². The first kappa shape index (κ1) is 12.3. The summed E-state index contributed by atoms with van der Waals surface area (Å²) < 4.78 is 18.7. The van der Waals surface area contributed by atoms with Crippen molar-refractivity contribution in [3.05, 3.63) is 29.6 Å². The van der Waals surface area contributed by atoms with Crippen molar-refractivity contribution in [2.75, 3.05) is 31.2 Å². The zero-order chi connectivity index (χ0) is 12.3. The Morgan fingerprint density at radius 2 is 2.18 bits per heavy atom. The summed E-state index contributed by atoms with van der Waals surface area (Å²) in [4.78, 5) is 1.95. The van der Waals surface area contributed by atoms with Gasteiger partial charge in [-0.2, -0.15) is 0 Å². The fourth-order valence-corrected chi connectivity index (χ4v) is 1.97. The molecule has 1 aromatic rings. The molecule has 1 saturated heterocycles. The number of hydrogen-bond acceptors (Lipinski definition) is 4. The number of nitrogens with zero attached hydrogens (tertiary/aromatic N) is 1. The second-order valence-corrected chi connectivity index (χ2v) is 4.10. The molecule has 0 bridgehead atoms. The van der Waals surface area contributed by atoms with E-state index in [2.05, 4.69) is 0 Å². The Bertz CT molecular complexity index is 386. The van der Waals surface area contributed by atoms with Crippen LogP contribution >= 0.6 is 0 Å². The lowest BCUT2D eigenvalue weighted by Gasteiger charge is -2.33. The van der Waals surface area contributed by atoms with E-state index >= 15 is 0 Å². The van der Waals surface area contributed by atoms with Gasteiger partial charge in [0.25, 0.3) is 0 Å². The van der Waals surface area contributed by atoms with Gasteiger partial charge < -0.3 is 19.8 Å². The molecule has 1 atom stereocenters. The lowest BCUT2D eigenvalue weighted by Crippen LogP contribution is -2.44. The van der Waals surface area contributed by atoms with Crippen LogP contribution < -0.4 is 4.90 Å². The molecule has 0 spiro atoms. The molecule has 17 heavy (non-hydrogen) atoms.